The summed E-state index contributed by atoms with van der Waals surface area (Å²) >= 11 is 0. The Balaban J connectivity index is 1.50. The van der Waals surface area contributed by atoms with Crippen molar-refractivity contribution < 1.29 is 4.74 Å². The average molecular weight is 555 g/mol. The van der Waals surface area contributed by atoms with Gasteiger partial charge in [0.05, 0.1) is 0 Å². The molecule has 0 aliphatic heterocycles. The van der Waals surface area contributed by atoms with Crippen molar-refractivity contribution in [3.8, 4) is 11.5 Å². The van der Waals surface area contributed by atoms with Gasteiger partial charge in [-0.25, -0.2) is 0 Å². The molecule has 0 bridgehead atoms. The SMILES string of the molecule is C[PH](c1ccccc1)(c1ccccc1)c1ccccc1Oc1ccccc1P(c1ccccc1)c1ccccc1. The molecular formula is C37H32OP2. The molecule has 6 aromatic carbocycles. The van der Waals surface area contributed by atoms with Crippen LogP contribution >= 0.6 is 15.2 Å². The van der Waals surface area contributed by atoms with E-state index in [1.807, 2.05) is 0 Å². The van der Waals surface area contributed by atoms with Gasteiger partial charge in [0.25, 0.3) is 0 Å². The Morgan fingerprint density at radius 1 is 0.425 bits per heavy atom. The molecule has 0 aliphatic rings. The first-order valence-corrected chi connectivity index (χ1v) is 17.5. The summed E-state index contributed by atoms with van der Waals surface area (Å²) in [4.78, 5) is 0. The van der Waals surface area contributed by atoms with Gasteiger partial charge in [-0.3, -0.25) is 0 Å². The van der Waals surface area contributed by atoms with E-state index >= 15 is 0 Å². The van der Waals surface area contributed by atoms with E-state index in [2.05, 4.69) is 177 Å². The fraction of sp³-hybridized carbons (Fsp3) is 0.0270. The minimum atomic E-state index is -2.37. The van der Waals surface area contributed by atoms with Crippen molar-refractivity contribution in [3.05, 3.63) is 170 Å². The van der Waals surface area contributed by atoms with E-state index in [4.69, 9.17) is 4.74 Å². The van der Waals surface area contributed by atoms with Gasteiger partial charge in [-0.1, -0.05) is 0 Å². The van der Waals surface area contributed by atoms with Crippen LogP contribution in [0.1, 0.15) is 0 Å². The van der Waals surface area contributed by atoms with Crippen LogP contribution in [0.25, 0.3) is 0 Å². The van der Waals surface area contributed by atoms with E-state index in [1.165, 1.54) is 31.8 Å². The molecule has 0 saturated heterocycles. The summed E-state index contributed by atoms with van der Waals surface area (Å²) in [5, 5.41) is 7.82. The monoisotopic (exact) mass is 554 g/mol. The van der Waals surface area contributed by atoms with Gasteiger partial charge >= 0.3 is 240 Å². The minimum absolute atomic E-state index is 0.802. The van der Waals surface area contributed by atoms with Crippen LogP contribution in [0.4, 0.5) is 0 Å². The zero-order valence-corrected chi connectivity index (χ0v) is 24.4. The van der Waals surface area contributed by atoms with E-state index in [0.717, 1.165) is 11.5 Å². The number of ether oxygens (including phenoxy) is 1. The maximum absolute atomic E-state index is 7.00. The Labute approximate surface area is 239 Å². The second-order valence-corrected chi connectivity index (χ2v) is 16.1. The molecule has 0 radical (unpaired) electrons. The first-order valence-electron chi connectivity index (χ1n) is 13.6. The zero-order valence-electron chi connectivity index (χ0n) is 22.5. The molecule has 3 heteroatoms. The number of para-hydroxylation sites is 2. The summed E-state index contributed by atoms with van der Waals surface area (Å²) in [6, 6.07) is 60.7. The Morgan fingerprint density at radius 2 is 0.825 bits per heavy atom. The van der Waals surface area contributed by atoms with Gasteiger partial charge in [0.2, 0.25) is 0 Å². The number of hydrogen-bond donors (Lipinski definition) is 0. The van der Waals surface area contributed by atoms with Crippen molar-refractivity contribution >= 4 is 47.0 Å². The number of hydrogen-bond acceptors (Lipinski definition) is 1. The van der Waals surface area contributed by atoms with Crippen LogP contribution in [0, 0.1) is 0 Å². The van der Waals surface area contributed by atoms with Gasteiger partial charge < -0.3 is 0 Å². The van der Waals surface area contributed by atoms with Crippen molar-refractivity contribution in [2.24, 2.45) is 0 Å². The van der Waals surface area contributed by atoms with Crippen LogP contribution < -0.4 is 36.6 Å². The second kappa shape index (κ2) is 12.0. The molecule has 0 unspecified atom stereocenters. The molecule has 6 rings (SSSR count). The molecule has 0 N–H and O–H groups in total. The van der Waals surface area contributed by atoms with Gasteiger partial charge in [-0.2, -0.15) is 0 Å². The maximum atomic E-state index is 7.00. The fourth-order valence-electron chi connectivity index (χ4n) is 5.42. The third-order valence-electron chi connectivity index (χ3n) is 7.48. The number of rotatable bonds is 8. The van der Waals surface area contributed by atoms with Gasteiger partial charge in [0.15, 0.2) is 0 Å². The van der Waals surface area contributed by atoms with Crippen molar-refractivity contribution in [3.63, 3.8) is 0 Å². The summed E-state index contributed by atoms with van der Waals surface area (Å²) in [6.45, 7) is 2.44. The molecule has 1 nitrogen and oxygen atoms in total. The van der Waals surface area contributed by atoms with Crippen LogP contribution in [0.3, 0.4) is 0 Å². The summed E-state index contributed by atoms with van der Waals surface area (Å²) in [6.07, 6.45) is 0. The van der Waals surface area contributed by atoms with Crippen molar-refractivity contribution in [2.75, 3.05) is 6.66 Å². The molecule has 0 saturated carbocycles. The van der Waals surface area contributed by atoms with Crippen LogP contribution in [0.5, 0.6) is 11.5 Å². The molecule has 6 aromatic rings. The molecule has 0 atom stereocenters. The van der Waals surface area contributed by atoms with Gasteiger partial charge in [-0.05, 0) is 0 Å². The van der Waals surface area contributed by atoms with Crippen LogP contribution in [-0.4, -0.2) is 6.66 Å². The molecule has 196 valence electrons. The van der Waals surface area contributed by atoms with E-state index in [0.29, 0.717) is 0 Å². The van der Waals surface area contributed by atoms with Crippen LogP contribution in [0.2, 0.25) is 0 Å². The Kier molecular flexibility index (Phi) is 7.87. The first-order chi connectivity index (χ1) is 19.7. The predicted octanol–water partition coefficient (Wildman–Crippen LogP) is 6.89. The first kappa shape index (κ1) is 26.2. The Bertz CT molecular complexity index is 1590. The van der Waals surface area contributed by atoms with Crippen molar-refractivity contribution in [2.45, 2.75) is 0 Å². The van der Waals surface area contributed by atoms with Crippen molar-refractivity contribution in [1.82, 2.24) is 0 Å². The van der Waals surface area contributed by atoms with E-state index in [1.54, 1.807) is 0 Å². The fourth-order valence-corrected chi connectivity index (χ4v) is 11.5. The van der Waals surface area contributed by atoms with E-state index in [-0.39, 0.29) is 0 Å². The molecule has 0 heterocycles. The average Bonchev–Trinajstić information content (AvgIpc) is 3.04. The second-order valence-electron chi connectivity index (χ2n) is 9.93. The van der Waals surface area contributed by atoms with Gasteiger partial charge in [0, 0.05) is 0 Å². The van der Waals surface area contributed by atoms with Crippen LogP contribution in [-0.2, 0) is 0 Å². The third kappa shape index (κ3) is 5.24. The van der Waals surface area contributed by atoms with E-state index in [9.17, 15) is 0 Å². The van der Waals surface area contributed by atoms with Gasteiger partial charge in [-0.15, -0.1) is 0 Å². The normalized spacial score (nSPS) is 11.8. The van der Waals surface area contributed by atoms with E-state index < -0.39 is 15.2 Å². The predicted molar refractivity (Wildman–Crippen MR) is 178 cm³/mol. The zero-order chi connectivity index (χ0) is 27.2. The Morgan fingerprint density at radius 3 is 1.35 bits per heavy atom. The molecule has 0 fully saturated rings. The summed E-state index contributed by atoms with van der Waals surface area (Å²) < 4.78 is 7.00. The molecule has 0 aliphatic carbocycles. The molecular weight excluding hydrogens is 522 g/mol. The Hall–Kier alpha value is -4.02. The van der Waals surface area contributed by atoms with Gasteiger partial charge in [0.1, 0.15) is 0 Å². The quantitative estimate of drug-likeness (QED) is 0.186. The van der Waals surface area contributed by atoms with Crippen LogP contribution in [0.15, 0.2) is 170 Å². The third-order valence-corrected chi connectivity index (χ3v) is 14.4. The summed E-state index contributed by atoms with van der Waals surface area (Å²) in [7, 11) is -3.17. The standard InChI is InChI=1S/C37H32OP2/c1-40(32-22-10-4-11-23-32,33-24-12-5-13-25-33)37-29-17-15-27-35(37)38-34-26-14-16-28-36(34)39(30-18-6-2-7-19-30)31-20-8-3-9-21-31/h2-29,40H,1H3. The topological polar surface area (TPSA) is 9.23 Å². The summed E-state index contributed by atoms with van der Waals surface area (Å²) in [5.74, 6) is 1.83. The molecule has 0 amide bonds. The summed E-state index contributed by atoms with van der Waals surface area (Å²) in [5.41, 5.74) is 0. The molecule has 0 aromatic heterocycles. The molecule has 0 spiro atoms. The number of benzene rings is 6. The molecule has 40 heavy (non-hydrogen) atoms. The van der Waals surface area contributed by atoms with Crippen molar-refractivity contribution in [1.29, 1.82) is 0 Å².